The highest BCUT2D eigenvalue weighted by atomic mass is 16.6. The van der Waals surface area contributed by atoms with Crippen LogP contribution in [0.1, 0.15) is 25.3 Å². The van der Waals surface area contributed by atoms with Gasteiger partial charge in [-0.3, -0.25) is 10.1 Å². The number of urea groups is 1. The van der Waals surface area contributed by atoms with Crippen molar-refractivity contribution in [3.63, 3.8) is 0 Å². The number of nitro benzene ring substituents is 1. The molecule has 2 amide bonds. The Hall–Kier alpha value is -2.15. The second kappa shape index (κ2) is 7.44. The van der Waals surface area contributed by atoms with Gasteiger partial charge < -0.3 is 15.7 Å². The topological polar surface area (TPSA) is 104 Å². The second-order valence-corrected chi connectivity index (χ2v) is 4.54. The number of rotatable bonds is 6. The molecule has 7 nitrogen and oxygen atoms in total. The lowest BCUT2D eigenvalue weighted by atomic mass is 10.2. The van der Waals surface area contributed by atoms with E-state index >= 15 is 0 Å². The van der Waals surface area contributed by atoms with Gasteiger partial charge in [0, 0.05) is 23.9 Å². The standard InChI is InChI=1S/C13H19N3O4/c1-3-4-11(17)8-14-13(18)15-10-5-6-12(16(19)20)9(2)7-10/h5-7,11,17H,3-4,8H2,1-2H3,(H2,14,15,18). The molecule has 0 saturated carbocycles. The first-order valence-electron chi connectivity index (χ1n) is 6.42. The zero-order chi connectivity index (χ0) is 15.1. The third-order valence-corrected chi connectivity index (χ3v) is 2.77. The summed E-state index contributed by atoms with van der Waals surface area (Å²) in [5, 5.41) is 25.3. The highest BCUT2D eigenvalue weighted by molar-refractivity contribution is 5.89. The van der Waals surface area contributed by atoms with Crippen LogP contribution in [0.3, 0.4) is 0 Å². The minimum absolute atomic E-state index is 0.00864. The van der Waals surface area contributed by atoms with E-state index < -0.39 is 17.1 Å². The van der Waals surface area contributed by atoms with E-state index in [1.54, 1.807) is 6.92 Å². The molecule has 1 unspecified atom stereocenters. The van der Waals surface area contributed by atoms with Crippen LogP contribution in [0.25, 0.3) is 0 Å². The molecule has 1 aromatic carbocycles. The molecule has 1 aromatic rings. The molecule has 0 heterocycles. The molecular formula is C13H19N3O4. The number of anilines is 1. The first-order valence-corrected chi connectivity index (χ1v) is 6.42. The summed E-state index contributed by atoms with van der Waals surface area (Å²) in [4.78, 5) is 21.8. The number of carbonyl (C=O) groups excluding carboxylic acids is 1. The largest absolute Gasteiger partial charge is 0.391 e. The zero-order valence-electron chi connectivity index (χ0n) is 11.5. The fourth-order valence-electron chi connectivity index (χ4n) is 1.76. The molecule has 0 saturated heterocycles. The quantitative estimate of drug-likeness (QED) is 0.549. The first-order chi connectivity index (χ1) is 9.43. The maximum absolute atomic E-state index is 11.6. The minimum Gasteiger partial charge on any atom is -0.391 e. The van der Waals surface area contributed by atoms with Crippen molar-refractivity contribution in [3.05, 3.63) is 33.9 Å². The fourth-order valence-corrected chi connectivity index (χ4v) is 1.76. The van der Waals surface area contributed by atoms with Crippen molar-refractivity contribution in [2.24, 2.45) is 0 Å². The molecule has 0 aliphatic carbocycles. The van der Waals surface area contributed by atoms with E-state index in [-0.39, 0.29) is 12.2 Å². The number of nitro groups is 1. The van der Waals surface area contributed by atoms with E-state index in [1.165, 1.54) is 18.2 Å². The van der Waals surface area contributed by atoms with Crippen LogP contribution in [-0.2, 0) is 0 Å². The van der Waals surface area contributed by atoms with Crippen molar-refractivity contribution < 1.29 is 14.8 Å². The Morgan fingerprint density at radius 1 is 1.50 bits per heavy atom. The SMILES string of the molecule is CCCC(O)CNC(=O)Nc1ccc([N+](=O)[O-])c(C)c1. The van der Waals surface area contributed by atoms with Crippen LogP contribution in [0.15, 0.2) is 18.2 Å². The van der Waals surface area contributed by atoms with Crippen LogP contribution in [0.4, 0.5) is 16.2 Å². The number of nitrogens with one attached hydrogen (secondary N) is 2. The molecule has 20 heavy (non-hydrogen) atoms. The van der Waals surface area contributed by atoms with Gasteiger partial charge in [-0.25, -0.2) is 4.79 Å². The average molecular weight is 281 g/mol. The van der Waals surface area contributed by atoms with E-state index in [9.17, 15) is 20.0 Å². The van der Waals surface area contributed by atoms with Gasteiger partial charge in [-0.15, -0.1) is 0 Å². The van der Waals surface area contributed by atoms with Crippen LogP contribution in [-0.4, -0.2) is 28.7 Å². The van der Waals surface area contributed by atoms with Crippen LogP contribution in [0, 0.1) is 17.0 Å². The van der Waals surface area contributed by atoms with E-state index in [0.29, 0.717) is 17.7 Å². The second-order valence-electron chi connectivity index (χ2n) is 4.54. The smallest absolute Gasteiger partial charge is 0.319 e. The number of amides is 2. The molecule has 0 aliphatic rings. The molecule has 0 aliphatic heterocycles. The van der Waals surface area contributed by atoms with Gasteiger partial charge in [0.15, 0.2) is 0 Å². The number of aryl methyl sites for hydroxylation is 1. The van der Waals surface area contributed by atoms with Crippen LogP contribution in [0.5, 0.6) is 0 Å². The molecule has 7 heteroatoms. The lowest BCUT2D eigenvalue weighted by molar-refractivity contribution is -0.385. The molecule has 0 aromatic heterocycles. The summed E-state index contributed by atoms with van der Waals surface area (Å²) in [7, 11) is 0. The summed E-state index contributed by atoms with van der Waals surface area (Å²) in [6.45, 7) is 3.72. The molecule has 110 valence electrons. The third-order valence-electron chi connectivity index (χ3n) is 2.77. The van der Waals surface area contributed by atoms with Gasteiger partial charge in [0.05, 0.1) is 11.0 Å². The molecular weight excluding hydrogens is 262 g/mol. The Bertz CT molecular complexity index is 491. The van der Waals surface area contributed by atoms with Crippen molar-refractivity contribution in [1.82, 2.24) is 5.32 Å². The monoisotopic (exact) mass is 281 g/mol. The Kier molecular flexibility index (Phi) is 5.92. The predicted molar refractivity (Wildman–Crippen MR) is 75.8 cm³/mol. The fraction of sp³-hybridized carbons (Fsp3) is 0.462. The van der Waals surface area contributed by atoms with Gasteiger partial charge in [-0.05, 0) is 25.5 Å². The van der Waals surface area contributed by atoms with Crippen molar-refractivity contribution in [2.45, 2.75) is 32.8 Å². The Balaban J connectivity index is 2.54. The summed E-state index contributed by atoms with van der Waals surface area (Å²) < 4.78 is 0. The maximum atomic E-state index is 11.6. The number of nitrogens with zero attached hydrogens (tertiary/aromatic N) is 1. The van der Waals surface area contributed by atoms with Crippen molar-refractivity contribution in [3.8, 4) is 0 Å². The highest BCUT2D eigenvalue weighted by Crippen LogP contribution is 2.21. The number of carbonyl (C=O) groups is 1. The summed E-state index contributed by atoms with van der Waals surface area (Å²) >= 11 is 0. The summed E-state index contributed by atoms with van der Waals surface area (Å²) in [5.41, 5.74) is 0.948. The van der Waals surface area contributed by atoms with Crippen molar-refractivity contribution in [2.75, 3.05) is 11.9 Å². The number of hydrogen-bond donors (Lipinski definition) is 3. The highest BCUT2D eigenvalue weighted by Gasteiger charge is 2.11. The normalized spacial score (nSPS) is 11.8. The van der Waals surface area contributed by atoms with Gasteiger partial charge in [-0.2, -0.15) is 0 Å². The summed E-state index contributed by atoms with van der Waals surface area (Å²) in [5.74, 6) is 0. The Morgan fingerprint density at radius 2 is 2.20 bits per heavy atom. The molecule has 1 atom stereocenters. The number of aliphatic hydroxyl groups is 1. The molecule has 0 fully saturated rings. The number of benzene rings is 1. The number of aliphatic hydroxyl groups excluding tert-OH is 1. The molecule has 3 N–H and O–H groups in total. The average Bonchev–Trinajstić information content (AvgIpc) is 2.36. The predicted octanol–water partition coefficient (Wildman–Crippen LogP) is 2.19. The van der Waals surface area contributed by atoms with Gasteiger partial charge in [0.1, 0.15) is 0 Å². The lowest BCUT2D eigenvalue weighted by Crippen LogP contribution is -2.35. The van der Waals surface area contributed by atoms with Crippen molar-refractivity contribution >= 4 is 17.4 Å². The summed E-state index contributed by atoms with van der Waals surface area (Å²) in [6.07, 6.45) is 0.896. The van der Waals surface area contributed by atoms with Gasteiger partial charge in [-0.1, -0.05) is 13.3 Å². The van der Waals surface area contributed by atoms with Gasteiger partial charge in [0.25, 0.3) is 5.69 Å². The van der Waals surface area contributed by atoms with E-state index in [4.69, 9.17) is 0 Å². The molecule has 1 rings (SSSR count). The van der Waals surface area contributed by atoms with E-state index in [1.807, 2.05) is 6.92 Å². The first kappa shape index (κ1) is 15.9. The van der Waals surface area contributed by atoms with Crippen LogP contribution < -0.4 is 10.6 Å². The Morgan fingerprint density at radius 3 is 2.75 bits per heavy atom. The lowest BCUT2D eigenvalue weighted by Gasteiger charge is -2.12. The van der Waals surface area contributed by atoms with Crippen LogP contribution >= 0.6 is 0 Å². The van der Waals surface area contributed by atoms with E-state index in [2.05, 4.69) is 10.6 Å². The Labute approximate surface area is 117 Å². The molecule has 0 bridgehead atoms. The van der Waals surface area contributed by atoms with Gasteiger partial charge >= 0.3 is 6.03 Å². The number of hydrogen-bond acceptors (Lipinski definition) is 4. The molecule has 0 radical (unpaired) electrons. The minimum atomic E-state index is -0.565. The van der Waals surface area contributed by atoms with Gasteiger partial charge in [0.2, 0.25) is 0 Å². The zero-order valence-corrected chi connectivity index (χ0v) is 11.5. The molecule has 0 spiro atoms. The van der Waals surface area contributed by atoms with Crippen LogP contribution in [0.2, 0.25) is 0 Å². The van der Waals surface area contributed by atoms with Crippen molar-refractivity contribution in [1.29, 1.82) is 0 Å². The van der Waals surface area contributed by atoms with E-state index in [0.717, 1.165) is 6.42 Å². The third kappa shape index (κ3) is 4.85. The maximum Gasteiger partial charge on any atom is 0.319 e. The summed E-state index contributed by atoms with van der Waals surface area (Å²) in [6, 6.07) is 3.89.